The van der Waals surface area contributed by atoms with E-state index in [1.165, 1.54) is 6.92 Å². The van der Waals surface area contributed by atoms with Crippen molar-refractivity contribution in [1.82, 2.24) is 4.98 Å². The van der Waals surface area contributed by atoms with E-state index >= 15 is 0 Å². The van der Waals surface area contributed by atoms with E-state index in [0.29, 0.717) is 40.2 Å². The van der Waals surface area contributed by atoms with Crippen LogP contribution in [0.25, 0.3) is 0 Å². The lowest BCUT2D eigenvalue weighted by molar-refractivity contribution is -0.136. The van der Waals surface area contributed by atoms with E-state index in [9.17, 15) is 14.4 Å². The Bertz CT molecular complexity index is 805. The highest BCUT2D eigenvalue weighted by Gasteiger charge is 2.21. The van der Waals surface area contributed by atoms with Crippen LogP contribution in [-0.2, 0) is 17.6 Å². The zero-order valence-electron chi connectivity index (χ0n) is 13.9. The van der Waals surface area contributed by atoms with Crippen molar-refractivity contribution < 1.29 is 19.5 Å². The molecule has 0 unspecified atom stereocenters. The SMILES string of the molecule is CCc1c(C(=O)Nc2cccc(CC(=O)O)c2)[nH]c(C)c1C(C)=O. The molecule has 0 saturated heterocycles. The highest BCUT2D eigenvalue weighted by molar-refractivity contribution is 6.07. The fourth-order valence-electron chi connectivity index (χ4n) is 2.83. The number of rotatable bonds is 6. The van der Waals surface area contributed by atoms with Crippen molar-refractivity contribution >= 4 is 23.3 Å². The minimum absolute atomic E-state index is 0.0805. The van der Waals surface area contributed by atoms with Crippen molar-refractivity contribution in [3.05, 3.63) is 52.3 Å². The molecular weight excluding hydrogens is 308 g/mol. The van der Waals surface area contributed by atoms with Crippen LogP contribution >= 0.6 is 0 Å². The summed E-state index contributed by atoms with van der Waals surface area (Å²) in [6.07, 6.45) is 0.446. The van der Waals surface area contributed by atoms with E-state index in [1.807, 2.05) is 6.92 Å². The lowest BCUT2D eigenvalue weighted by Gasteiger charge is -2.07. The maximum absolute atomic E-state index is 12.5. The van der Waals surface area contributed by atoms with Crippen LogP contribution in [0.1, 0.15) is 51.5 Å². The van der Waals surface area contributed by atoms with Gasteiger partial charge in [-0.1, -0.05) is 19.1 Å². The highest BCUT2D eigenvalue weighted by atomic mass is 16.4. The van der Waals surface area contributed by atoms with Crippen molar-refractivity contribution in [2.24, 2.45) is 0 Å². The Kier molecular flexibility index (Phi) is 5.18. The van der Waals surface area contributed by atoms with Crippen LogP contribution in [0.2, 0.25) is 0 Å². The van der Waals surface area contributed by atoms with Crippen molar-refractivity contribution in [3.8, 4) is 0 Å². The summed E-state index contributed by atoms with van der Waals surface area (Å²) in [4.78, 5) is 38.1. The first-order valence-electron chi connectivity index (χ1n) is 7.68. The van der Waals surface area contributed by atoms with E-state index in [0.717, 1.165) is 0 Å². The number of Topliss-reactive ketones (excluding diaryl/α,β-unsaturated/α-hetero) is 1. The van der Waals surface area contributed by atoms with Crippen LogP contribution < -0.4 is 5.32 Å². The molecule has 0 fully saturated rings. The fraction of sp³-hybridized carbons (Fsp3) is 0.278. The second kappa shape index (κ2) is 7.12. The zero-order chi connectivity index (χ0) is 17.9. The summed E-state index contributed by atoms with van der Waals surface area (Å²) >= 11 is 0. The summed E-state index contributed by atoms with van der Waals surface area (Å²) in [6.45, 7) is 5.13. The van der Waals surface area contributed by atoms with Crippen molar-refractivity contribution in [1.29, 1.82) is 0 Å². The van der Waals surface area contributed by atoms with Crippen LogP contribution in [0.3, 0.4) is 0 Å². The van der Waals surface area contributed by atoms with Crippen molar-refractivity contribution in [3.63, 3.8) is 0 Å². The first-order chi connectivity index (χ1) is 11.3. The number of ketones is 1. The van der Waals surface area contributed by atoms with Crippen molar-refractivity contribution in [2.45, 2.75) is 33.6 Å². The molecule has 0 spiro atoms. The highest BCUT2D eigenvalue weighted by Crippen LogP contribution is 2.22. The van der Waals surface area contributed by atoms with Gasteiger partial charge in [0, 0.05) is 16.9 Å². The second-order valence-electron chi connectivity index (χ2n) is 5.61. The molecule has 126 valence electrons. The third kappa shape index (κ3) is 3.71. The number of hydrogen-bond donors (Lipinski definition) is 3. The molecule has 1 aromatic heterocycles. The van der Waals surface area contributed by atoms with Crippen molar-refractivity contribution in [2.75, 3.05) is 5.32 Å². The van der Waals surface area contributed by atoms with E-state index in [-0.39, 0.29) is 18.1 Å². The summed E-state index contributed by atoms with van der Waals surface area (Å²) in [5.41, 5.74) is 3.40. The Labute approximate surface area is 139 Å². The first kappa shape index (κ1) is 17.5. The lowest BCUT2D eigenvalue weighted by atomic mass is 10.0. The average Bonchev–Trinajstić information content (AvgIpc) is 2.83. The molecule has 0 aliphatic heterocycles. The second-order valence-corrected chi connectivity index (χ2v) is 5.61. The van der Waals surface area contributed by atoms with Crippen LogP contribution in [0.4, 0.5) is 5.69 Å². The molecule has 0 atom stereocenters. The molecule has 0 bridgehead atoms. The quantitative estimate of drug-likeness (QED) is 0.710. The van der Waals surface area contributed by atoms with Gasteiger partial charge < -0.3 is 15.4 Å². The number of aromatic nitrogens is 1. The number of benzene rings is 1. The van der Waals surface area contributed by atoms with Gasteiger partial charge in [-0.25, -0.2) is 0 Å². The standard InChI is InChI=1S/C18H20N2O4/c1-4-14-16(11(3)21)10(2)19-17(14)18(24)20-13-7-5-6-12(8-13)9-15(22)23/h5-8,19H,4,9H2,1-3H3,(H,20,24)(H,22,23). The van der Waals surface area contributed by atoms with Gasteiger partial charge in [0.1, 0.15) is 5.69 Å². The number of H-pyrrole nitrogens is 1. The van der Waals surface area contributed by atoms with E-state index in [4.69, 9.17) is 5.11 Å². The van der Waals surface area contributed by atoms with Gasteiger partial charge in [0.2, 0.25) is 0 Å². The summed E-state index contributed by atoms with van der Waals surface area (Å²) in [5.74, 6) is -1.36. The normalized spacial score (nSPS) is 10.5. The zero-order valence-corrected chi connectivity index (χ0v) is 13.9. The average molecular weight is 328 g/mol. The lowest BCUT2D eigenvalue weighted by Crippen LogP contribution is -2.15. The summed E-state index contributed by atoms with van der Waals surface area (Å²) < 4.78 is 0. The molecule has 1 aromatic carbocycles. The Hall–Kier alpha value is -2.89. The monoisotopic (exact) mass is 328 g/mol. The number of aromatic amines is 1. The van der Waals surface area contributed by atoms with Gasteiger partial charge in [0.15, 0.2) is 5.78 Å². The Morgan fingerprint density at radius 2 is 1.96 bits per heavy atom. The van der Waals surface area contributed by atoms with E-state index in [2.05, 4.69) is 10.3 Å². The number of carboxylic acids is 1. The van der Waals surface area contributed by atoms with Gasteiger partial charge in [0.05, 0.1) is 6.42 Å². The molecule has 0 aliphatic carbocycles. The van der Waals surface area contributed by atoms with Crippen LogP contribution in [0, 0.1) is 6.92 Å². The van der Waals surface area contributed by atoms with E-state index < -0.39 is 5.97 Å². The molecule has 6 heteroatoms. The van der Waals surface area contributed by atoms with Crippen LogP contribution in [0.15, 0.2) is 24.3 Å². The maximum atomic E-state index is 12.5. The molecule has 2 aromatic rings. The van der Waals surface area contributed by atoms with Gasteiger partial charge in [-0.3, -0.25) is 14.4 Å². The maximum Gasteiger partial charge on any atom is 0.307 e. The third-order valence-electron chi connectivity index (χ3n) is 3.76. The molecule has 0 saturated carbocycles. The predicted octanol–water partition coefficient (Wildman–Crippen LogP) is 2.97. The first-order valence-corrected chi connectivity index (χ1v) is 7.68. The smallest absolute Gasteiger partial charge is 0.307 e. The molecule has 1 heterocycles. The van der Waals surface area contributed by atoms with Crippen LogP contribution in [0.5, 0.6) is 0 Å². The molecule has 0 aliphatic rings. The Morgan fingerprint density at radius 3 is 2.54 bits per heavy atom. The molecule has 0 radical (unpaired) electrons. The number of carbonyl (C=O) groups is 3. The van der Waals surface area contributed by atoms with Gasteiger partial charge in [0.25, 0.3) is 5.91 Å². The Morgan fingerprint density at radius 1 is 1.25 bits per heavy atom. The van der Waals surface area contributed by atoms with E-state index in [1.54, 1.807) is 31.2 Å². The summed E-state index contributed by atoms with van der Waals surface area (Å²) in [5, 5.41) is 11.6. The number of carbonyl (C=O) groups excluding carboxylic acids is 2. The van der Waals surface area contributed by atoms with Gasteiger partial charge in [-0.2, -0.15) is 0 Å². The van der Waals surface area contributed by atoms with Gasteiger partial charge in [-0.15, -0.1) is 0 Å². The minimum atomic E-state index is -0.933. The molecule has 3 N–H and O–H groups in total. The minimum Gasteiger partial charge on any atom is -0.481 e. The number of amides is 1. The number of hydrogen-bond acceptors (Lipinski definition) is 3. The predicted molar refractivity (Wildman–Crippen MR) is 90.6 cm³/mol. The summed E-state index contributed by atoms with van der Waals surface area (Å²) in [6, 6.07) is 6.69. The number of aliphatic carboxylic acids is 1. The topological polar surface area (TPSA) is 99.3 Å². The molecule has 6 nitrogen and oxygen atoms in total. The Balaban J connectivity index is 2.29. The third-order valence-corrected chi connectivity index (χ3v) is 3.76. The number of nitrogens with one attached hydrogen (secondary N) is 2. The number of anilines is 1. The largest absolute Gasteiger partial charge is 0.481 e. The molecule has 2 rings (SSSR count). The van der Waals surface area contributed by atoms with Gasteiger partial charge >= 0.3 is 5.97 Å². The van der Waals surface area contributed by atoms with Crippen LogP contribution in [-0.4, -0.2) is 27.8 Å². The molecular formula is C18H20N2O4. The van der Waals surface area contributed by atoms with Gasteiger partial charge in [-0.05, 0) is 43.5 Å². The molecule has 1 amide bonds. The summed E-state index contributed by atoms with van der Waals surface area (Å²) in [7, 11) is 0. The number of carboxylic acid groups (broad SMARTS) is 1. The molecule has 24 heavy (non-hydrogen) atoms. The fourth-order valence-corrected chi connectivity index (χ4v) is 2.83. The number of aryl methyl sites for hydroxylation is 1.